The van der Waals surface area contributed by atoms with Gasteiger partial charge >= 0.3 is 16.1 Å². The molecule has 0 bridgehead atoms. The third kappa shape index (κ3) is 5.50. The molecule has 0 N–H and O–H groups in total. The highest BCUT2D eigenvalue weighted by molar-refractivity contribution is 7.87. The van der Waals surface area contributed by atoms with E-state index in [2.05, 4.69) is 11.7 Å². The van der Waals surface area contributed by atoms with Crippen molar-refractivity contribution in [1.82, 2.24) is 0 Å². The molecule has 0 atom stereocenters. The lowest BCUT2D eigenvalue weighted by atomic mass is 9.99. The Morgan fingerprint density at radius 2 is 1.81 bits per heavy atom. The average Bonchev–Trinajstić information content (AvgIpc) is 3.22. The molecule has 0 unspecified atom stereocenters. The fourth-order valence-corrected chi connectivity index (χ4v) is 4.67. The van der Waals surface area contributed by atoms with Crippen LogP contribution in [0.15, 0.2) is 95.0 Å². The first-order valence-electron chi connectivity index (χ1n) is 11.0. The molecule has 0 spiro atoms. The van der Waals surface area contributed by atoms with Crippen LogP contribution < -0.4 is 8.92 Å². The molecule has 3 aromatic carbocycles. The number of hydrogen-bond acceptors (Lipinski definition) is 7. The number of rotatable bonds is 9. The van der Waals surface area contributed by atoms with E-state index in [9.17, 15) is 13.2 Å². The van der Waals surface area contributed by atoms with Crippen LogP contribution in [0.5, 0.6) is 11.5 Å². The molecular weight excluding hydrogens is 502 g/mol. The van der Waals surface area contributed by atoms with Crippen LogP contribution in [0.3, 0.4) is 0 Å². The van der Waals surface area contributed by atoms with Gasteiger partial charge in [-0.2, -0.15) is 8.42 Å². The second-order valence-electron chi connectivity index (χ2n) is 7.67. The molecule has 0 radical (unpaired) electrons. The summed E-state index contributed by atoms with van der Waals surface area (Å²) in [5, 5.41) is 4.33. The van der Waals surface area contributed by atoms with Crippen molar-refractivity contribution in [3.63, 3.8) is 0 Å². The minimum absolute atomic E-state index is 0.0415. The first kappa shape index (κ1) is 25.2. The van der Waals surface area contributed by atoms with E-state index in [0.29, 0.717) is 21.9 Å². The van der Waals surface area contributed by atoms with Crippen molar-refractivity contribution in [1.29, 1.82) is 0 Å². The van der Waals surface area contributed by atoms with Gasteiger partial charge < -0.3 is 13.8 Å². The SMILES string of the molecule is C=CCc1cc(/C=C2\C(=O)ON=C2c2ccccc2)cc(OCC)c1OS(=O)(=O)c1ccc(Cl)cc1. The molecule has 1 aliphatic rings. The van der Waals surface area contributed by atoms with Crippen molar-refractivity contribution in [3.8, 4) is 11.5 Å². The molecule has 0 amide bonds. The Bertz CT molecular complexity index is 1460. The first-order valence-corrected chi connectivity index (χ1v) is 12.8. The Kier molecular flexibility index (Phi) is 7.57. The lowest BCUT2D eigenvalue weighted by Gasteiger charge is -2.16. The summed E-state index contributed by atoms with van der Waals surface area (Å²) >= 11 is 5.89. The highest BCUT2D eigenvalue weighted by Crippen LogP contribution is 2.37. The van der Waals surface area contributed by atoms with E-state index in [0.717, 1.165) is 5.56 Å². The molecule has 9 heteroatoms. The van der Waals surface area contributed by atoms with Crippen LogP contribution in [-0.4, -0.2) is 26.7 Å². The molecule has 36 heavy (non-hydrogen) atoms. The largest absolute Gasteiger partial charge is 0.490 e. The average molecular weight is 524 g/mol. The van der Waals surface area contributed by atoms with E-state index < -0.39 is 16.1 Å². The maximum absolute atomic E-state index is 13.0. The summed E-state index contributed by atoms with van der Waals surface area (Å²) in [6.45, 7) is 5.79. The Balaban J connectivity index is 1.79. The molecule has 184 valence electrons. The van der Waals surface area contributed by atoms with Crippen LogP contribution in [-0.2, 0) is 26.2 Å². The molecule has 0 saturated carbocycles. The molecule has 0 aliphatic carbocycles. The topological polar surface area (TPSA) is 91.3 Å². The van der Waals surface area contributed by atoms with E-state index >= 15 is 0 Å². The Morgan fingerprint density at radius 3 is 2.47 bits per heavy atom. The Morgan fingerprint density at radius 1 is 1.08 bits per heavy atom. The van der Waals surface area contributed by atoms with Gasteiger partial charge in [0.25, 0.3) is 0 Å². The second-order valence-corrected chi connectivity index (χ2v) is 9.65. The number of hydrogen-bond donors (Lipinski definition) is 0. The van der Waals surface area contributed by atoms with Gasteiger partial charge in [-0.3, -0.25) is 0 Å². The van der Waals surface area contributed by atoms with Gasteiger partial charge in [-0.05, 0) is 61.4 Å². The number of oxime groups is 1. The molecule has 7 nitrogen and oxygen atoms in total. The van der Waals surface area contributed by atoms with Crippen molar-refractivity contribution < 1.29 is 27.0 Å². The minimum atomic E-state index is -4.18. The van der Waals surface area contributed by atoms with E-state index in [1.165, 1.54) is 24.3 Å². The number of allylic oxidation sites excluding steroid dienone is 1. The van der Waals surface area contributed by atoms with Gasteiger partial charge in [0.05, 0.1) is 12.2 Å². The fraction of sp³-hybridized carbons (Fsp3) is 0.111. The molecule has 0 saturated heterocycles. The summed E-state index contributed by atoms with van der Waals surface area (Å²) in [5.41, 5.74) is 2.46. The fourth-order valence-electron chi connectivity index (χ4n) is 3.57. The predicted molar refractivity (Wildman–Crippen MR) is 138 cm³/mol. The van der Waals surface area contributed by atoms with Crippen molar-refractivity contribution >= 4 is 39.5 Å². The quantitative estimate of drug-likeness (QED) is 0.157. The molecular formula is C27H22ClNO6S. The van der Waals surface area contributed by atoms with Crippen molar-refractivity contribution in [2.24, 2.45) is 5.16 Å². The number of benzene rings is 3. The van der Waals surface area contributed by atoms with Crippen molar-refractivity contribution in [2.45, 2.75) is 18.2 Å². The summed E-state index contributed by atoms with van der Waals surface area (Å²) in [6.07, 6.45) is 3.52. The maximum Gasteiger partial charge on any atom is 0.368 e. The monoisotopic (exact) mass is 523 g/mol. The number of carbonyl (C=O) groups excluding carboxylic acids is 1. The van der Waals surface area contributed by atoms with Crippen LogP contribution in [0.25, 0.3) is 6.08 Å². The summed E-state index contributed by atoms with van der Waals surface area (Å²) in [6, 6.07) is 18.1. The molecule has 1 aliphatic heterocycles. The van der Waals surface area contributed by atoms with Crippen LogP contribution in [0.4, 0.5) is 0 Å². The van der Waals surface area contributed by atoms with Gasteiger partial charge in [-0.25, -0.2) is 4.79 Å². The molecule has 3 aromatic rings. The van der Waals surface area contributed by atoms with E-state index in [1.807, 2.05) is 30.3 Å². The normalized spacial score (nSPS) is 14.3. The van der Waals surface area contributed by atoms with Gasteiger partial charge in [0, 0.05) is 16.1 Å². The zero-order valence-corrected chi connectivity index (χ0v) is 20.9. The standard InChI is InChI=1S/C27H22ClNO6S/c1-3-8-20-15-18(16-23-25(29-34-27(23)30)19-9-6-5-7-10-19)17-24(33-4-2)26(20)35-36(31,32)22-13-11-21(28)12-14-22/h3,5-7,9-17H,1,4,8H2,2H3/b23-16-. The molecule has 4 rings (SSSR count). The maximum atomic E-state index is 13.0. The predicted octanol–water partition coefficient (Wildman–Crippen LogP) is 5.58. The second kappa shape index (κ2) is 10.8. The zero-order valence-electron chi connectivity index (χ0n) is 19.3. The third-order valence-corrected chi connectivity index (χ3v) is 6.65. The van der Waals surface area contributed by atoms with E-state index in [1.54, 1.807) is 31.2 Å². The van der Waals surface area contributed by atoms with Gasteiger partial charge in [0.1, 0.15) is 10.6 Å². The Labute approximate surface area is 214 Å². The van der Waals surface area contributed by atoms with Crippen molar-refractivity contribution in [2.75, 3.05) is 6.61 Å². The number of nitrogens with zero attached hydrogens (tertiary/aromatic N) is 1. The summed E-state index contributed by atoms with van der Waals surface area (Å²) < 4.78 is 37.3. The van der Waals surface area contributed by atoms with E-state index in [-0.39, 0.29) is 35.0 Å². The minimum Gasteiger partial charge on any atom is -0.490 e. The first-order chi connectivity index (χ1) is 17.3. The Hall–Kier alpha value is -3.88. The highest BCUT2D eigenvalue weighted by Gasteiger charge is 2.28. The van der Waals surface area contributed by atoms with Gasteiger partial charge in [0.2, 0.25) is 0 Å². The number of carbonyl (C=O) groups is 1. The van der Waals surface area contributed by atoms with Gasteiger partial charge in [0.15, 0.2) is 11.5 Å². The van der Waals surface area contributed by atoms with E-state index in [4.69, 9.17) is 25.4 Å². The lowest BCUT2D eigenvalue weighted by molar-refractivity contribution is -0.136. The molecule has 0 fully saturated rings. The van der Waals surface area contributed by atoms with Crippen LogP contribution in [0, 0.1) is 0 Å². The van der Waals surface area contributed by atoms with Gasteiger partial charge in [-0.1, -0.05) is 53.2 Å². The smallest absolute Gasteiger partial charge is 0.368 e. The number of halogens is 1. The number of ether oxygens (including phenoxy) is 1. The summed E-state index contributed by atoms with van der Waals surface area (Å²) in [5.74, 6) is -0.353. The third-order valence-electron chi connectivity index (χ3n) is 5.17. The van der Waals surface area contributed by atoms with Crippen LogP contribution in [0.1, 0.15) is 23.6 Å². The molecule has 1 heterocycles. The van der Waals surface area contributed by atoms with Crippen molar-refractivity contribution in [3.05, 3.63) is 107 Å². The lowest BCUT2D eigenvalue weighted by Crippen LogP contribution is -2.12. The zero-order chi connectivity index (χ0) is 25.7. The van der Waals surface area contributed by atoms with Crippen LogP contribution in [0.2, 0.25) is 5.02 Å². The van der Waals surface area contributed by atoms with Gasteiger partial charge in [-0.15, -0.1) is 6.58 Å². The molecule has 0 aromatic heterocycles. The highest BCUT2D eigenvalue weighted by atomic mass is 35.5. The summed E-state index contributed by atoms with van der Waals surface area (Å²) in [4.78, 5) is 17.3. The summed E-state index contributed by atoms with van der Waals surface area (Å²) in [7, 11) is -4.18. The van der Waals surface area contributed by atoms with Crippen LogP contribution >= 0.6 is 11.6 Å².